The van der Waals surface area contributed by atoms with Gasteiger partial charge in [-0.05, 0) is 12.8 Å². The van der Waals surface area contributed by atoms with Crippen LogP contribution < -0.4 is 0 Å². The van der Waals surface area contributed by atoms with Crippen LogP contribution in [0.3, 0.4) is 0 Å². The Balaban J connectivity index is 2.51. The summed E-state index contributed by atoms with van der Waals surface area (Å²) in [6.45, 7) is 0. The van der Waals surface area contributed by atoms with Gasteiger partial charge in [0.25, 0.3) is 5.95 Å². The summed E-state index contributed by atoms with van der Waals surface area (Å²) in [5.41, 5.74) is 1.04. The first-order valence-electron chi connectivity index (χ1n) is 3.61. The van der Waals surface area contributed by atoms with Gasteiger partial charge in [0.2, 0.25) is 0 Å². The normalized spacial score (nSPS) is 23.3. The maximum atomic E-state index is 9.12. The van der Waals surface area contributed by atoms with E-state index >= 15 is 0 Å². The number of ether oxygens (including phenoxy) is 1. The van der Waals surface area contributed by atoms with E-state index in [0.717, 1.165) is 24.8 Å². The molecule has 0 aliphatic heterocycles. The molecule has 0 bridgehead atoms. The smallest absolute Gasteiger partial charge is 0.279 e. The first-order chi connectivity index (χ1) is 4.84. The second-order valence-electron chi connectivity index (χ2n) is 2.50. The molecule has 0 atom stereocenters. The zero-order chi connectivity index (χ0) is 7.40. The Morgan fingerprint density at radius 2 is 2.50 bits per heavy atom. The van der Waals surface area contributed by atoms with E-state index in [-0.39, 0.29) is 5.95 Å². The molecule has 0 amide bonds. The Morgan fingerprint density at radius 1 is 1.70 bits per heavy atom. The number of aliphatic hydroxyl groups is 1. The Labute approximate surface area is 61.5 Å². The van der Waals surface area contributed by atoms with Gasteiger partial charge in [-0.15, -0.1) is 0 Å². The molecular weight excluding hydrogens is 128 g/mol. The summed E-state index contributed by atoms with van der Waals surface area (Å²) in [5.74, 6) is 0.121. The van der Waals surface area contributed by atoms with Crippen LogP contribution >= 0.6 is 0 Å². The van der Waals surface area contributed by atoms with E-state index < -0.39 is 0 Å². The van der Waals surface area contributed by atoms with Crippen molar-refractivity contribution in [3.63, 3.8) is 0 Å². The minimum Gasteiger partial charge on any atom is -0.481 e. The van der Waals surface area contributed by atoms with Crippen molar-refractivity contribution >= 4 is 0 Å². The highest BCUT2D eigenvalue weighted by atomic mass is 16.6. The number of allylic oxidation sites excluding steroid dienone is 1. The van der Waals surface area contributed by atoms with Gasteiger partial charge in [-0.2, -0.15) is 0 Å². The number of methoxy groups -OCH3 is 1. The molecule has 1 rings (SSSR count). The predicted octanol–water partition coefficient (Wildman–Crippen LogP) is 2.18. The van der Waals surface area contributed by atoms with E-state index in [2.05, 4.69) is 6.42 Å². The molecule has 0 saturated heterocycles. The van der Waals surface area contributed by atoms with E-state index in [1.165, 1.54) is 13.5 Å². The van der Waals surface area contributed by atoms with Crippen LogP contribution in [0.25, 0.3) is 0 Å². The van der Waals surface area contributed by atoms with Crippen molar-refractivity contribution in [3.8, 4) is 0 Å². The van der Waals surface area contributed by atoms with Crippen molar-refractivity contribution in [2.45, 2.75) is 25.7 Å². The van der Waals surface area contributed by atoms with Gasteiger partial charge >= 0.3 is 0 Å². The van der Waals surface area contributed by atoms with Crippen molar-refractivity contribution in [1.29, 1.82) is 0 Å². The lowest BCUT2D eigenvalue weighted by atomic mass is 9.96. The fourth-order valence-electron chi connectivity index (χ4n) is 1.18. The highest BCUT2D eigenvalue weighted by molar-refractivity contribution is 5.08. The van der Waals surface area contributed by atoms with Gasteiger partial charge in [-0.1, -0.05) is 0 Å². The third-order valence-corrected chi connectivity index (χ3v) is 1.77. The van der Waals surface area contributed by atoms with Crippen LogP contribution in [-0.2, 0) is 4.74 Å². The van der Waals surface area contributed by atoms with Crippen molar-refractivity contribution < 1.29 is 9.84 Å². The fourth-order valence-corrected chi connectivity index (χ4v) is 1.18. The fraction of sp³-hybridized carbons (Fsp3) is 0.625. The van der Waals surface area contributed by atoms with Crippen LogP contribution in [0.5, 0.6) is 0 Å². The molecule has 2 nitrogen and oxygen atoms in total. The van der Waals surface area contributed by atoms with E-state index in [1.807, 2.05) is 0 Å². The third-order valence-electron chi connectivity index (χ3n) is 1.77. The van der Waals surface area contributed by atoms with E-state index in [4.69, 9.17) is 9.84 Å². The van der Waals surface area contributed by atoms with Crippen LogP contribution in [0, 0.1) is 6.42 Å². The maximum Gasteiger partial charge on any atom is 0.279 e. The maximum absolute atomic E-state index is 9.12. The molecule has 1 saturated carbocycles. The standard InChI is InChI=1S/C8H12O2/c1-10-8(9)7-5-3-2-4-6-7/h3H,2,4-6H2,1H3/p+1/b8-7-. The summed E-state index contributed by atoms with van der Waals surface area (Å²) < 4.78 is 4.70. The molecule has 0 aromatic carbocycles. The van der Waals surface area contributed by atoms with Crippen LogP contribution in [0.4, 0.5) is 0 Å². The quantitative estimate of drug-likeness (QED) is 0.448. The summed E-state index contributed by atoms with van der Waals surface area (Å²) in [6.07, 6.45) is 6.35. The lowest BCUT2D eigenvalue weighted by molar-refractivity contribution is 0.128. The van der Waals surface area contributed by atoms with E-state index in [0.29, 0.717) is 0 Å². The zero-order valence-corrected chi connectivity index (χ0v) is 6.26. The van der Waals surface area contributed by atoms with E-state index in [1.54, 1.807) is 0 Å². The summed E-state index contributed by atoms with van der Waals surface area (Å²) in [7, 11) is 1.50. The second kappa shape index (κ2) is 3.40. The molecule has 1 aliphatic rings. The molecule has 2 heteroatoms. The Kier molecular flexibility index (Phi) is 2.49. The van der Waals surface area contributed by atoms with Crippen molar-refractivity contribution in [2.75, 3.05) is 7.11 Å². The predicted molar refractivity (Wildman–Crippen MR) is 39.4 cm³/mol. The van der Waals surface area contributed by atoms with Gasteiger partial charge in [0.15, 0.2) is 0 Å². The minimum atomic E-state index is 0.121. The molecule has 56 valence electrons. The first kappa shape index (κ1) is 7.32. The van der Waals surface area contributed by atoms with Crippen LogP contribution in [0.2, 0.25) is 0 Å². The summed E-state index contributed by atoms with van der Waals surface area (Å²) in [5, 5.41) is 9.12. The number of hydrogen-bond acceptors (Lipinski definition) is 2. The molecular formula is C8H13O2+. The zero-order valence-electron chi connectivity index (χ0n) is 6.26. The topological polar surface area (TPSA) is 29.5 Å². The van der Waals surface area contributed by atoms with E-state index in [9.17, 15) is 0 Å². The Morgan fingerprint density at radius 3 is 3.00 bits per heavy atom. The van der Waals surface area contributed by atoms with Crippen LogP contribution in [-0.4, -0.2) is 12.2 Å². The molecule has 1 N–H and O–H groups in total. The van der Waals surface area contributed by atoms with Gasteiger partial charge in [0.05, 0.1) is 25.5 Å². The lowest BCUT2D eigenvalue weighted by Crippen LogP contribution is -1.99. The molecule has 1 fully saturated rings. The van der Waals surface area contributed by atoms with Crippen molar-refractivity contribution in [2.24, 2.45) is 0 Å². The summed E-state index contributed by atoms with van der Waals surface area (Å²) in [6, 6.07) is 0. The molecule has 1 aliphatic carbocycles. The molecule has 10 heavy (non-hydrogen) atoms. The monoisotopic (exact) mass is 141 g/mol. The minimum absolute atomic E-state index is 0.121. The third kappa shape index (κ3) is 1.59. The molecule has 0 radical (unpaired) electrons. The van der Waals surface area contributed by atoms with Gasteiger partial charge in [-0.3, -0.25) is 0 Å². The van der Waals surface area contributed by atoms with Gasteiger partial charge in [-0.25, -0.2) is 0 Å². The molecule has 0 spiro atoms. The molecule has 0 aromatic heterocycles. The molecule has 0 aromatic rings. The molecule has 0 heterocycles. The number of aliphatic hydroxyl groups excluding tert-OH is 1. The Bertz CT molecular complexity index is 130. The number of hydrogen-bond donors (Lipinski definition) is 1. The Hall–Kier alpha value is -0.790. The summed E-state index contributed by atoms with van der Waals surface area (Å²) in [4.78, 5) is 0. The average Bonchev–Trinajstić information content (AvgIpc) is 2.05. The highest BCUT2D eigenvalue weighted by Crippen LogP contribution is 2.23. The van der Waals surface area contributed by atoms with Crippen molar-refractivity contribution in [3.05, 3.63) is 17.9 Å². The van der Waals surface area contributed by atoms with Crippen LogP contribution in [0.1, 0.15) is 25.7 Å². The van der Waals surface area contributed by atoms with Gasteiger partial charge < -0.3 is 9.84 Å². The lowest BCUT2D eigenvalue weighted by Gasteiger charge is -2.08. The highest BCUT2D eigenvalue weighted by Gasteiger charge is 2.16. The largest absolute Gasteiger partial charge is 0.481 e. The molecule has 0 unspecified atom stereocenters. The van der Waals surface area contributed by atoms with Gasteiger partial charge in [0, 0.05) is 0 Å². The number of rotatable bonds is 1. The average molecular weight is 141 g/mol. The van der Waals surface area contributed by atoms with Gasteiger partial charge in [0.1, 0.15) is 6.42 Å². The first-order valence-corrected chi connectivity index (χ1v) is 3.61. The van der Waals surface area contributed by atoms with Crippen LogP contribution in [0.15, 0.2) is 11.5 Å². The SMILES string of the molecule is CO/C(O)=C1/C[CH+]CCC1. The van der Waals surface area contributed by atoms with Crippen molar-refractivity contribution in [1.82, 2.24) is 0 Å². The second-order valence-corrected chi connectivity index (χ2v) is 2.50. The summed E-state index contributed by atoms with van der Waals surface area (Å²) >= 11 is 0.